The highest BCUT2D eigenvalue weighted by Gasteiger charge is 2.14. The average molecular weight is 439 g/mol. The Bertz CT molecular complexity index is 1080. The fourth-order valence-corrected chi connectivity index (χ4v) is 3.82. The molecule has 0 unspecified atom stereocenters. The third-order valence-electron chi connectivity index (χ3n) is 4.68. The van der Waals surface area contributed by atoms with Crippen LogP contribution < -0.4 is 14.8 Å². The van der Waals surface area contributed by atoms with E-state index in [-0.39, 0.29) is 38.1 Å². The van der Waals surface area contributed by atoms with Crippen molar-refractivity contribution in [2.24, 2.45) is 0 Å². The zero-order chi connectivity index (χ0) is 21.6. The van der Waals surface area contributed by atoms with E-state index in [2.05, 4.69) is 10.3 Å². The van der Waals surface area contributed by atoms with Gasteiger partial charge in [-0.05, 0) is 43.2 Å². The molecule has 0 aliphatic carbocycles. The summed E-state index contributed by atoms with van der Waals surface area (Å²) in [5.41, 5.74) is 3.51. The number of nitrogens with one attached hydrogen (secondary N) is 1. The maximum atomic E-state index is 12.2. The van der Waals surface area contributed by atoms with Gasteiger partial charge in [0.15, 0.2) is 11.5 Å². The molecule has 1 N–H and O–H groups in total. The van der Waals surface area contributed by atoms with Crippen LogP contribution in [0, 0.1) is 6.92 Å². The number of hydrogen-bond acceptors (Lipinski definition) is 7. The lowest BCUT2D eigenvalue weighted by Gasteiger charge is -2.05. The Morgan fingerprint density at radius 1 is 1.13 bits per heavy atom. The first kappa shape index (κ1) is 20.9. The van der Waals surface area contributed by atoms with Gasteiger partial charge in [0.25, 0.3) is 0 Å². The summed E-state index contributed by atoms with van der Waals surface area (Å²) in [4.78, 5) is 28.6. The third kappa shape index (κ3) is 5.82. The molecule has 160 valence electrons. The molecular formula is C23H22N2O5S. The van der Waals surface area contributed by atoms with Gasteiger partial charge in [-0.3, -0.25) is 9.59 Å². The molecule has 0 saturated carbocycles. The van der Waals surface area contributed by atoms with Gasteiger partial charge in [0.05, 0.1) is 12.1 Å². The zero-order valence-corrected chi connectivity index (χ0v) is 17.9. The van der Waals surface area contributed by atoms with E-state index in [0.717, 1.165) is 22.6 Å². The van der Waals surface area contributed by atoms with Crippen molar-refractivity contribution in [3.8, 4) is 11.5 Å². The molecule has 0 atom stereocenters. The number of benzene rings is 2. The van der Waals surface area contributed by atoms with Gasteiger partial charge in [-0.2, -0.15) is 0 Å². The SMILES string of the molecule is Cc1ccc(NC(=O)Cc2nc(COC(=O)CCc3ccc4c(c3)OCO4)cs2)cc1. The van der Waals surface area contributed by atoms with Crippen LogP contribution >= 0.6 is 11.3 Å². The molecule has 4 rings (SSSR count). The smallest absolute Gasteiger partial charge is 0.306 e. The van der Waals surface area contributed by atoms with E-state index in [4.69, 9.17) is 14.2 Å². The van der Waals surface area contributed by atoms with Crippen LogP contribution in [0.25, 0.3) is 0 Å². The monoisotopic (exact) mass is 438 g/mol. The van der Waals surface area contributed by atoms with Crippen LogP contribution in [0.2, 0.25) is 0 Å². The summed E-state index contributed by atoms with van der Waals surface area (Å²) in [6, 6.07) is 13.2. The Hall–Kier alpha value is -3.39. The first-order valence-corrected chi connectivity index (χ1v) is 10.8. The second-order valence-electron chi connectivity index (χ2n) is 7.17. The molecule has 0 saturated heterocycles. The minimum atomic E-state index is -0.302. The molecule has 0 spiro atoms. The number of aromatic nitrogens is 1. The van der Waals surface area contributed by atoms with Gasteiger partial charge < -0.3 is 19.5 Å². The number of amides is 1. The Labute approximate surface area is 184 Å². The lowest BCUT2D eigenvalue weighted by molar-refractivity contribution is -0.145. The lowest BCUT2D eigenvalue weighted by Crippen LogP contribution is -2.14. The number of rotatable bonds is 8. The van der Waals surface area contributed by atoms with Crippen molar-refractivity contribution in [1.82, 2.24) is 4.98 Å². The normalized spacial score (nSPS) is 11.9. The second-order valence-corrected chi connectivity index (χ2v) is 8.11. The van der Waals surface area contributed by atoms with Crippen molar-refractivity contribution in [2.45, 2.75) is 32.8 Å². The summed E-state index contributed by atoms with van der Waals surface area (Å²) >= 11 is 1.38. The Kier molecular flexibility index (Phi) is 6.47. The summed E-state index contributed by atoms with van der Waals surface area (Å²) in [5.74, 6) is 0.986. The lowest BCUT2D eigenvalue weighted by atomic mass is 10.1. The van der Waals surface area contributed by atoms with E-state index in [1.54, 1.807) is 5.38 Å². The third-order valence-corrected chi connectivity index (χ3v) is 5.58. The minimum absolute atomic E-state index is 0.0933. The maximum absolute atomic E-state index is 12.2. The van der Waals surface area contributed by atoms with E-state index >= 15 is 0 Å². The van der Waals surface area contributed by atoms with Gasteiger partial charge in [-0.25, -0.2) is 4.98 Å². The Balaban J connectivity index is 1.20. The number of carbonyl (C=O) groups is 2. The van der Waals surface area contributed by atoms with Crippen LogP contribution in [0.5, 0.6) is 11.5 Å². The molecule has 1 aliphatic rings. The van der Waals surface area contributed by atoms with Gasteiger partial charge in [0.2, 0.25) is 12.7 Å². The van der Waals surface area contributed by atoms with Crippen molar-refractivity contribution in [3.05, 3.63) is 69.7 Å². The number of ether oxygens (including phenoxy) is 3. The standard InChI is InChI=1S/C23H22N2O5S/c1-15-2-6-17(7-3-15)24-21(26)11-22-25-18(13-31-22)12-28-23(27)9-5-16-4-8-19-20(10-16)30-14-29-19/h2-4,6-8,10,13H,5,9,11-12,14H2,1H3,(H,24,26). The molecule has 0 bridgehead atoms. The van der Waals surface area contributed by atoms with Crippen molar-refractivity contribution < 1.29 is 23.8 Å². The van der Waals surface area contributed by atoms with E-state index in [1.165, 1.54) is 11.3 Å². The van der Waals surface area contributed by atoms with Crippen molar-refractivity contribution in [1.29, 1.82) is 0 Å². The number of esters is 1. The fourth-order valence-electron chi connectivity index (χ4n) is 3.05. The predicted molar refractivity (Wildman–Crippen MR) is 116 cm³/mol. The van der Waals surface area contributed by atoms with Gasteiger partial charge in [0, 0.05) is 17.5 Å². The average Bonchev–Trinajstić information content (AvgIpc) is 3.41. The number of hydrogen-bond donors (Lipinski definition) is 1. The highest BCUT2D eigenvalue weighted by molar-refractivity contribution is 7.09. The molecule has 0 fully saturated rings. The Morgan fingerprint density at radius 2 is 1.94 bits per heavy atom. The molecule has 1 aliphatic heterocycles. The summed E-state index contributed by atoms with van der Waals surface area (Å²) in [6.07, 6.45) is 0.989. The van der Waals surface area contributed by atoms with Gasteiger partial charge >= 0.3 is 5.97 Å². The summed E-state index contributed by atoms with van der Waals surface area (Å²) < 4.78 is 15.9. The fraction of sp³-hybridized carbons (Fsp3) is 0.261. The number of carbonyl (C=O) groups excluding carboxylic acids is 2. The molecule has 7 nitrogen and oxygen atoms in total. The van der Waals surface area contributed by atoms with E-state index in [0.29, 0.717) is 22.9 Å². The highest BCUT2D eigenvalue weighted by atomic mass is 32.1. The molecule has 1 amide bonds. The van der Waals surface area contributed by atoms with E-state index in [1.807, 2.05) is 49.4 Å². The van der Waals surface area contributed by atoms with Crippen molar-refractivity contribution in [3.63, 3.8) is 0 Å². The summed E-state index contributed by atoms with van der Waals surface area (Å²) in [7, 11) is 0. The number of nitrogens with zero attached hydrogens (tertiary/aromatic N) is 1. The number of fused-ring (bicyclic) bond motifs is 1. The molecular weight excluding hydrogens is 416 g/mol. The molecule has 3 aromatic rings. The number of aryl methyl sites for hydroxylation is 2. The largest absolute Gasteiger partial charge is 0.459 e. The minimum Gasteiger partial charge on any atom is -0.459 e. The van der Waals surface area contributed by atoms with Crippen LogP contribution in [0.15, 0.2) is 47.8 Å². The zero-order valence-electron chi connectivity index (χ0n) is 17.1. The quantitative estimate of drug-likeness (QED) is 0.534. The van der Waals surface area contributed by atoms with Crippen LogP contribution in [0.4, 0.5) is 5.69 Å². The molecule has 0 radical (unpaired) electrons. The molecule has 8 heteroatoms. The van der Waals surface area contributed by atoms with Crippen molar-refractivity contribution >= 4 is 28.9 Å². The topological polar surface area (TPSA) is 86.8 Å². The maximum Gasteiger partial charge on any atom is 0.306 e. The van der Waals surface area contributed by atoms with Crippen molar-refractivity contribution in [2.75, 3.05) is 12.1 Å². The summed E-state index contributed by atoms with van der Waals surface area (Å²) in [6.45, 7) is 2.31. The van der Waals surface area contributed by atoms with Crippen LogP contribution in [-0.4, -0.2) is 23.7 Å². The summed E-state index contributed by atoms with van der Waals surface area (Å²) in [5, 5.41) is 5.33. The van der Waals surface area contributed by atoms with Gasteiger partial charge in [-0.1, -0.05) is 23.8 Å². The number of anilines is 1. The first-order valence-electron chi connectivity index (χ1n) is 9.89. The second kappa shape index (κ2) is 9.61. The van der Waals surface area contributed by atoms with Crippen LogP contribution in [0.1, 0.15) is 28.2 Å². The predicted octanol–water partition coefficient (Wildman–Crippen LogP) is 4.04. The Morgan fingerprint density at radius 3 is 2.77 bits per heavy atom. The van der Waals surface area contributed by atoms with Crippen LogP contribution in [0.3, 0.4) is 0 Å². The molecule has 31 heavy (non-hydrogen) atoms. The van der Waals surface area contributed by atoms with Gasteiger partial charge in [0.1, 0.15) is 11.6 Å². The molecule has 2 aromatic carbocycles. The van der Waals surface area contributed by atoms with Gasteiger partial charge in [-0.15, -0.1) is 11.3 Å². The molecule has 2 heterocycles. The number of thiazole rings is 1. The molecule has 1 aromatic heterocycles. The van der Waals surface area contributed by atoms with E-state index in [9.17, 15) is 9.59 Å². The highest BCUT2D eigenvalue weighted by Crippen LogP contribution is 2.32. The first-order chi connectivity index (χ1) is 15.0. The van der Waals surface area contributed by atoms with E-state index < -0.39 is 0 Å². The van der Waals surface area contributed by atoms with Crippen LogP contribution in [-0.2, 0) is 33.8 Å².